The number of aliphatic carboxylic acids is 1. The molecule has 39 heavy (non-hydrogen) atoms. The van der Waals surface area contributed by atoms with Crippen LogP contribution in [0.1, 0.15) is 77.2 Å². The minimum absolute atomic E-state index is 0.00825. The average molecular weight is 535 g/mol. The molecule has 4 aliphatic carbocycles. The van der Waals surface area contributed by atoms with Gasteiger partial charge in [-0.1, -0.05) is 61.0 Å². The Bertz CT molecular complexity index is 1190. The van der Waals surface area contributed by atoms with Crippen molar-refractivity contribution in [3.05, 3.63) is 59.7 Å². The van der Waals surface area contributed by atoms with Crippen molar-refractivity contribution >= 4 is 17.6 Å². The van der Waals surface area contributed by atoms with E-state index in [1.54, 1.807) is 0 Å². The monoisotopic (exact) mass is 534 g/mol. The summed E-state index contributed by atoms with van der Waals surface area (Å²) >= 11 is 0. The maximum Gasteiger partial charge on any atom is 0.304 e. The van der Waals surface area contributed by atoms with E-state index in [0.29, 0.717) is 23.5 Å². The van der Waals surface area contributed by atoms with Gasteiger partial charge >= 0.3 is 5.97 Å². The van der Waals surface area contributed by atoms with E-state index in [0.717, 1.165) is 44.1 Å². The zero-order chi connectivity index (χ0) is 27.8. The van der Waals surface area contributed by atoms with E-state index in [2.05, 4.69) is 36.5 Å². The fourth-order valence-electron chi connectivity index (χ4n) is 8.21. The van der Waals surface area contributed by atoms with E-state index in [4.69, 9.17) is 4.84 Å². The number of hydrogen-bond acceptors (Lipinski definition) is 5. The molecule has 0 saturated heterocycles. The van der Waals surface area contributed by atoms with E-state index in [9.17, 15) is 19.8 Å². The Labute approximate surface area is 231 Å². The number of aliphatic hydroxyl groups is 1. The summed E-state index contributed by atoms with van der Waals surface area (Å²) in [5.41, 5.74) is 2.41. The van der Waals surface area contributed by atoms with Gasteiger partial charge in [0.25, 0.3) is 5.91 Å². The fraction of sp³-hybridized carbons (Fsp3) is 0.594. The second kappa shape index (κ2) is 10.6. The highest BCUT2D eigenvalue weighted by atomic mass is 16.6. The molecule has 7 nitrogen and oxygen atoms in total. The lowest BCUT2D eigenvalue weighted by molar-refractivity contribution is -0.137. The van der Waals surface area contributed by atoms with Gasteiger partial charge in [-0.3, -0.25) is 9.59 Å². The number of rotatable bonds is 8. The maximum atomic E-state index is 12.4. The number of carboxylic acid groups (broad SMARTS) is 1. The lowest BCUT2D eigenvalue weighted by Crippen LogP contribution is -2.53. The predicted octanol–water partition coefficient (Wildman–Crippen LogP) is 5.22. The summed E-state index contributed by atoms with van der Waals surface area (Å²) < 4.78 is 0. The van der Waals surface area contributed by atoms with E-state index in [1.165, 1.54) is 5.57 Å². The summed E-state index contributed by atoms with van der Waals surface area (Å²) in [7, 11) is 0. The number of nitrogens with one attached hydrogen (secondary N) is 1. The number of benzene rings is 1. The summed E-state index contributed by atoms with van der Waals surface area (Å²) in [6, 6.07) is 9.34. The molecule has 3 N–H and O–H groups in total. The smallest absolute Gasteiger partial charge is 0.304 e. The van der Waals surface area contributed by atoms with E-state index < -0.39 is 11.6 Å². The molecule has 1 amide bonds. The molecular formula is C32H42N2O5. The number of amides is 1. The quantitative estimate of drug-likeness (QED) is 0.396. The van der Waals surface area contributed by atoms with Crippen LogP contribution in [0.4, 0.5) is 0 Å². The van der Waals surface area contributed by atoms with Crippen molar-refractivity contribution in [1.29, 1.82) is 0 Å². The van der Waals surface area contributed by atoms with Crippen LogP contribution in [0.2, 0.25) is 0 Å². The van der Waals surface area contributed by atoms with E-state index in [1.807, 2.05) is 43.3 Å². The first-order valence-corrected chi connectivity index (χ1v) is 14.4. The number of nitrogens with zero attached hydrogens (tertiary/aromatic N) is 1. The SMILES string of the molecule is C[C@]12C=CC(=NOCC(=O)NCC(CC(=O)O)c3ccccc3)C=C1CCC1C2CC[C@@]2(C)C1CC[C@]2(C)O. The van der Waals surface area contributed by atoms with Gasteiger partial charge in [0.1, 0.15) is 5.71 Å². The number of carbonyl (C=O) groups excluding carboxylic acids is 1. The van der Waals surface area contributed by atoms with Crippen molar-refractivity contribution in [2.45, 2.75) is 77.2 Å². The van der Waals surface area contributed by atoms with Crippen molar-refractivity contribution in [3.8, 4) is 0 Å². The first kappa shape index (κ1) is 27.6. The van der Waals surface area contributed by atoms with Gasteiger partial charge in [-0.15, -0.1) is 0 Å². The fourth-order valence-corrected chi connectivity index (χ4v) is 8.21. The molecule has 0 spiro atoms. The van der Waals surface area contributed by atoms with Gasteiger partial charge in [0, 0.05) is 17.9 Å². The van der Waals surface area contributed by atoms with Gasteiger partial charge in [-0.2, -0.15) is 0 Å². The molecule has 3 saturated carbocycles. The molecule has 1 aromatic rings. The topological polar surface area (TPSA) is 108 Å². The van der Waals surface area contributed by atoms with Crippen LogP contribution >= 0.6 is 0 Å². The number of hydrogen-bond donors (Lipinski definition) is 3. The minimum atomic E-state index is -0.906. The number of carbonyl (C=O) groups is 2. The number of fused-ring (bicyclic) bond motifs is 5. The molecule has 0 aliphatic heterocycles. The summed E-state index contributed by atoms with van der Waals surface area (Å²) in [6.45, 7) is 6.71. The number of carboxylic acids is 1. The lowest BCUT2D eigenvalue weighted by atomic mass is 9.47. The Morgan fingerprint density at radius 1 is 1.10 bits per heavy atom. The van der Waals surface area contributed by atoms with E-state index in [-0.39, 0.29) is 42.2 Å². The molecule has 5 rings (SSSR count). The molecule has 3 fully saturated rings. The highest BCUT2D eigenvalue weighted by Crippen LogP contribution is 2.66. The predicted molar refractivity (Wildman–Crippen MR) is 150 cm³/mol. The zero-order valence-electron chi connectivity index (χ0n) is 23.4. The lowest BCUT2D eigenvalue weighted by Gasteiger charge is -2.58. The third kappa shape index (κ3) is 5.18. The van der Waals surface area contributed by atoms with Crippen molar-refractivity contribution in [2.75, 3.05) is 13.2 Å². The van der Waals surface area contributed by atoms with Crippen molar-refractivity contribution in [3.63, 3.8) is 0 Å². The molecule has 0 aromatic heterocycles. The summed E-state index contributed by atoms with van der Waals surface area (Å²) in [5, 5.41) is 27.4. The third-order valence-electron chi connectivity index (χ3n) is 10.7. The second-order valence-electron chi connectivity index (χ2n) is 12.8. The van der Waals surface area contributed by atoms with Crippen LogP contribution in [0.5, 0.6) is 0 Å². The minimum Gasteiger partial charge on any atom is -0.481 e. The first-order chi connectivity index (χ1) is 18.5. The molecule has 0 bridgehead atoms. The Kier molecular flexibility index (Phi) is 7.49. The molecule has 7 heteroatoms. The average Bonchev–Trinajstić information content (AvgIpc) is 3.15. The summed E-state index contributed by atoms with van der Waals surface area (Å²) in [6.07, 6.45) is 12.7. The van der Waals surface area contributed by atoms with Gasteiger partial charge in [-0.05, 0) is 86.3 Å². The Morgan fingerprint density at radius 3 is 2.59 bits per heavy atom. The Morgan fingerprint density at radius 2 is 1.85 bits per heavy atom. The molecule has 210 valence electrons. The van der Waals surface area contributed by atoms with Crippen molar-refractivity contribution < 1.29 is 24.6 Å². The number of allylic oxidation sites excluding steroid dienone is 4. The van der Waals surface area contributed by atoms with Crippen LogP contribution < -0.4 is 5.32 Å². The van der Waals surface area contributed by atoms with Gasteiger partial charge in [0.2, 0.25) is 0 Å². The molecular weight excluding hydrogens is 492 g/mol. The maximum absolute atomic E-state index is 12.4. The van der Waals surface area contributed by atoms with Gasteiger partial charge < -0.3 is 20.4 Å². The van der Waals surface area contributed by atoms with Crippen LogP contribution in [-0.4, -0.2) is 46.6 Å². The van der Waals surface area contributed by atoms with Crippen LogP contribution in [0, 0.1) is 28.6 Å². The Hall–Kier alpha value is -2.93. The molecule has 0 heterocycles. The summed E-state index contributed by atoms with van der Waals surface area (Å²) in [4.78, 5) is 29.1. The standard InChI is InChI=1S/C32H42N2O5/c1-30-14-11-24(34-39-20-28(35)33-19-22(17-29(36)37)21-7-5-4-6-8-21)18-23(30)9-10-25-26(30)12-15-31(2)27(25)13-16-32(31,3)38/h4-8,11,14,18,22,25-27,38H,9-10,12-13,15-17,19-20H2,1-3H3,(H,33,35)(H,36,37)/t22?,25?,26?,27?,30-,31-,32-/m0/s1. The normalized spacial score (nSPS) is 36.8. The van der Waals surface area contributed by atoms with Crippen LogP contribution in [0.15, 0.2) is 59.3 Å². The van der Waals surface area contributed by atoms with Gasteiger partial charge in [0.15, 0.2) is 6.61 Å². The summed E-state index contributed by atoms with van der Waals surface area (Å²) in [5.74, 6) is 0.219. The van der Waals surface area contributed by atoms with E-state index >= 15 is 0 Å². The largest absolute Gasteiger partial charge is 0.481 e. The molecule has 0 radical (unpaired) electrons. The molecule has 7 atom stereocenters. The third-order valence-corrected chi connectivity index (χ3v) is 10.7. The molecule has 1 aromatic carbocycles. The zero-order valence-corrected chi connectivity index (χ0v) is 23.4. The van der Waals surface area contributed by atoms with Crippen molar-refractivity contribution in [2.24, 2.45) is 33.7 Å². The van der Waals surface area contributed by atoms with Crippen LogP contribution in [0.25, 0.3) is 0 Å². The first-order valence-electron chi connectivity index (χ1n) is 14.4. The van der Waals surface area contributed by atoms with Crippen molar-refractivity contribution in [1.82, 2.24) is 5.32 Å². The number of oxime groups is 1. The highest BCUT2D eigenvalue weighted by Gasteiger charge is 2.61. The second-order valence-corrected chi connectivity index (χ2v) is 12.8. The Balaban J connectivity index is 1.17. The molecule has 4 unspecified atom stereocenters. The van der Waals surface area contributed by atoms with Gasteiger partial charge in [0.05, 0.1) is 12.0 Å². The van der Waals surface area contributed by atoms with Gasteiger partial charge in [-0.25, -0.2) is 0 Å². The van der Waals surface area contributed by atoms with Crippen LogP contribution in [0.3, 0.4) is 0 Å². The van der Waals surface area contributed by atoms with Crippen LogP contribution in [-0.2, 0) is 14.4 Å². The molecule has 4 aliphatic rings. The highest BCUT2D eigenvalue weighted by molar-refractivity contribution is 6.05.